The van der Waals surface area contributed by atoms with Gasteiger partial charge in [-0.1, -0.05) is 0 Å². The molecule has 0 atom stereocenters. The molecule has 0 saturated heterocycles. The zero-order valence-electron chi connectivity index (χ0n) is 4.59. The zero-order valence-corrected chi connectivity index (χ0v) is 12.2. The van der Waals surface area contributed by atoms with Gasteiger partial charge in [-0.25, -0.2) is 0 Å². The molecular weight excluding hydrogens is 443 g/mol. The van der Waals surface area contributed by atoms with Crippen LogP contribution in [0.2, 0.25) is 0 Å². The van der Waals surface area contributed by atoms with Crippen LogP contribution in [0.25, 0.3) is 0 Å². The summed E-state index contributed by atoms with van der Waals surface area (Å²) in [5, 5.41) is 0. The second kappa shape index (κ2) is 4.38. The molecule has 0 radical (unpaired) electrons. The number of halogens is 2. The van der Waals surface area contributed by atoms with Gasteiger partial charge >= 0.3 is 82.2 Å². The molecule has 1 aromatic heterocycles. The third-order valence-corrected chi connectivity index (χ3v) is 13.0. The summed E-state index contributed by atoms with van der Waals surface area (Å²) in [7, 11) is 0. The Morgan fingerprint density at radius 3 is 2.56 bits per heavy atom. The molecule has 0 aliphatic carbocycles. The quantitative estimate of drug-likeness (QED) is 0.598. The van der Waals surface area contributed by atoms with Gasteiger partial charge in [0.2, 0.25) is 0 Å². The van der Waals surface area contributed by atoms with Crippen molar-refractivity contribution in [3.63, 3.8) is 0 Å². The third-order valence-electron chi connectivity index (χ3n) is 0.936. The van der Waals surface area contributed by atoms with E-state index in [1.165, 1.54) is 3.32 Å². The molecular formula is C5H4I2InN. The van der Waals surface area contributed by atoms with Gasteiger partial charge in [-0.3, -0.25) is 0 Å². The maximum absolute atomic E-state index is 4.05. The molecule has 0 fully saturated rings. The molecule has 0 aromatic carbocycles. The standard InChI is InChI=1S/C5H4N.2HI.In/c1-2-4-6-5-3-1;;;/h1-2,4-5H;2*1H;/q;;;+2/p-2. The molecule has 1 rings (SSSR count). The van der Waals surface area contributed by atoms with Crippen molar-refractivity contribution in [1.82, 2.24) is 4.98 Å². The van der Waals surface area contributed by atoms with Gasteiger partial charge < -0.3 is 0 Å². The van der Waals surface area contributed by atoms with E-state index in [1.807, 2.05) is 18.5 Å². The molecule has 1 nitrogen and oxygen atoms in total. The Kier molecular flexibility index (Phi) is 4.17. The van der Waals surface area contributed by atoms with E-state index in [2.05, 4.69) is 47.3 Å². The van der Waals surface area contributed by atoms with Crippen LogP contribution in [0.5, 0.6) is 0 Å². The monoisotopic (exact) mass is 447 g/mol. The van der Waals surface area contributed by atoms with Gasteiger partial charge in [0.15, 0.2) is 0 Å². The summed E-state index contributed by atoms with van der Waals surface area (Å²) in [5.74, 6) is 0. The zero-order chi connectivity index (χ0) is 6.69. The molecule has 46 valence electrons. The molecule has 0 aliphatic rings. The first-order valence-corrected chi connectivity index (χ1v) is 23.3. The van der Waals surface area contributed by atoms with E-state index in [0.29, 0.717) is 0 Å². The van der Waals surface area contributed by atoms with Crippen molar-refractivity contribution in [1.29, 1.82) is 0 Å². The van der Waals surface area contributed by atoms with E-state index in [-0.39, 0.29) is 0 Å². The summed E-state index contributed by atoms with van der Waals surface area (Å²) in [6.45, 7) is 0. The first-order valence-electron chi connectivity index (χ1n) is 2.49. The molecule has 4 heteroatoms. The van der Waals surface area contributed by atoms with Crippen LogP contribution in [0.15, 0.2) is 24.5 Å². The molecule has 0 aliphatic heterocycles. The van der Waals surface area contributed by atoms with Crippen molar-refractivity contribution in [2.45, 2.75) is 0 Å². The van der Waals surface area contributed by atoms with Gasteiger partial charge in [0.05, 0.1) is 0 Å². The van der Waals surface area contributed by atoms with Gasteiger partial charge in [-0.2, -0.15) is 0 Å². The number of rotatable bonds is 1. The topological polar surface area (TPSA) is 12.9 Å². The fourth-order valence-corrected chi connectivity index (χ4v) is 6.75. The average molecular weight is 447 g/mol. The molecule has 0 spiro atoms. The van der Waals surface area contributed by atoms with E-state index >= 15 is 0 Å². The van der Waals surface area contributed by atoms with Crippen LogP contribution < -0.4 is 3.32 Å². The fraction of sp³-hybridized carbons (Fsp3) is 0. The van der Waals surface area contributed by atoms with Crippen molar-refractivity contribution >= 4 is 52.7 Å². The summed E-state index contributed by atoms with van der Waals surface area (Å²) in [6, 6.07) is 4.18. The Bertz CT molecular complexity index is 178. The van der Waals surface area contributed by atoms with Crippen LogP contribution >= 0.6 is 36.3 Å². The maximum atomic E-state index is 4.05. The van der Waals surface area contributed by atoms with Crippen molar-refractivity contribution < 1.29 is 0 Å². The molecule has 0 saturated carbocycles. The van der Waals surface area contributed by atoms with Crippen molar-refractivity contribution in [3.8, 4) is 0 Å². The summed E-state index contributed by atoms with van der Waals surface area (Å²) in [4.78, 5) is 4.05. The van der Waals surface area contributed by atoms with Gasteiger partial charge in [0, 0.05) is 0 Å². The van der Waals surface area contributed by atoms with Crippen molar-refractivity contribution in [2.75, 3.05) is 0 Å². The minimum absolute atomic E-state index is 1.26. The predicted molar refractivity (Wildman–Crippen MR) is 57.7 cm³/mol. The summed E-state index contributed by atoms with van der Waals surface area (Å²) < 4.78 is 1.49. The summed E-state index contributed by atoms with van der Waals surface area (Å²) in [6.07, 6.45) is 3.81. The van der Waals surface area contributed by atoms with Crippen LogP contribution in [0.4, 0.5) is 0 Å². The van der Waals surface area contributed by atoms with E-state index in [1.54, 1.807) is 0 Å². The molecule has 0 bridgehead atoms. The van der Waals surface area contributed by atoms with Gasteiger partial charge in [-0.05, 0) is 0 Å². The van der Waals surface area contributed by atoms with E-state index in [9.17, 15) is 0 Å². The van der Waals surface area contributed by atoms with Gasteiger partial charge in [0.25, 0.3) is 0 Å². The van der Waals surface area contributed by atoms with Crippen LogP contribution in [0.1, 0.15) is 0 Å². The first kappa shape index (κ1) is 8.58. The molecule has 1 heterocycles. The van der Waals surface area contributed by atoms with E-state index in [4.69, 9.17) is 0 Å². The average Bonchev–Trinajstić information content (AvgIpc) is 1.90. The number of hydrogen-bond acceptors (Lipinski definition) is 1. The Morgan fingerprint density at radius 1 is 1.44 bits per heavy atom. The van der Waals surface area contributed by atoms with Gasteiger partial charge in [0.1, 0.15) is 0 Å². The molecule has 1 aromatic rings. The SMILES string of the molecule is [I][In]([I])[c]1cccnc1. The van der Waals surface area contributed by atoms with Crippen LogP contribution in [0.3, 0.4) is 0 Å². The fourth-order valence-electron chi connectivity index (χ4n) is 0.505. The Morgan fingerprint density at radius 2 is 2.22 bits per heavy atom. The van der Waals surface area contributed by atoms with Crippen LogP contribution in [-0.4, -0.2) is 18.1 Å². The normalized spacial score (nSPS) is 9.11. The number of aromatic nitrogens is 1. The van der Waals surface area contributed by atoms with Crippen molar-refractivity contribution in [2.24, 2.45) is 0 Å². The van der Waals surface area contributed by atoms with E-state index in [0.717, 1.165) is 0 Å². The predicted octanol–water partition coefficient (Wildman–Crippen LogP) is 1.65. The first-order chi connectivity index (χ1) is 4.30. The molecule has 0 N–H and O–H groups in total. The summed E-state index contributed by atoms with van der Waals surface area (Å²) >= 11 is 3.87. The number of hydrogen-bond donors (Lipinski definition) is 0. The second-order valence-corrected chi connectivity index (χ2v) is 37.9. The third kappa shape index (κ3) is 2.92. The van der Waals surface area contributed by atoms with Crippen molar-refractivity contribution in [3.05, 3.63) is 24.5 Å². The molecule has 0 amide bonds. The Labute approximate surface area is 80.7 Å². The van der Waals surface area contributed by atoms with Gasteiger partial charge in [-0.15, -0.1) is 0 Å². The molecule has 9 heavy (non-hydrogen) atoms. The minimum atomic E-state index is -1.26. The van der Waals surface area contributed by atoms with E-state index < -0.39 is 13.1 Å². The number of pyridine rings is 1. The molecule has 0 unspecified atom stereocenters. The Balaban J connectivity index is 2.85. The second-order valence-electron chi connectivity index (χ2n) is 1.59. The number of nitrogens with zero attached hydrogens (tertiary/aromatic N) is 1. The van der Waals surface area contributed by atoms with Crippen LogP contribution in [-0.2, 0) is 0 Å². The van der Waals surface area contributed by atoms with Crippen LogP contribution in [0, 0.1) is 0 Å². The summed E-state index contributed by atoms with van der Waals surface area (Å²) in [5.41, 5.74) is 0. The Hall–Kier alpha value is 1.48.